The van der Waals surface area contributed by atoms with Gasteiger partial charge in [-0.05, 0) is 68.7 Å². The van der Waals surface area contributed by atoms with Gasteiger partial charge in [-0.3, -0.25) is 0 Å². The molecule has 2 aromatic rings. The van der Waals surface area contributed by atoms with Gasteiger partial charge in [0.15, 0.2) is 5.11 Å². The topological polar surface area (TPSA) is 70.6 Å². The Balaban J connectivity index is 2.22. The lowest BCUT2D eigenvalue weighted by Crippen LogP contribution is -2.20. The first-order valence-corrected chi connectivity index (χ1v) is 9.26. The number of aryl methyl sites for hydroxylation is 2. The smallest absolute Gasteiger partial charge is 0.341 e. The molecule has 0 aliphatic carbocycles. The number of thiophene rings is 1. The minimum Gasteiger partial charge on any atom is -0.508 e. The SMILES string of the molecule is CCOC(=O)c1c(NC(=S)Nc2ccc(O)c(C)c2)sc(C)c1CC. The summed E-state index contributed by atoms with van der Waals surface area (Å²) >= 11 is 6.85. The number of carbonyl (C=O) groups excluding carboxylic acids is 1. The Kier molecular flexibility index (Phi) is 6.39. The van der Waals surface area contributed by atoms with E-state index in [-0.39, 0.29) is 11.7 Å². The molecule has 0 bridgehead atoms. The number of rotatable bonds is 5. The van der Waals surface area contributed by atoms with E-state index in [0.717, 1.165) is 28.1 Å². The van der Waals surface area contributed by atoms with Gasteiger partial charge in [0, 0.05) is 10.6 Å². The maximum atomic E-state index is 12.3. The number of nitrogens with one attached hydrogen (secondary N) is 2. The molecule has 3 N–H and O–H groups in total. The van der Waals surface area contributed by atoms with Gasteiger partial charge in [0.1, 0.15) is 10.8 Å². The molecule has 0 fully saturated rings. The predicted octanol–water partition coefficient (Wildman–Crippen LogP) is 4.62. The second-order valence-corrected chi connectivity index (χ2v) is 7.13. The maximum absolute atomic E-state index is 12.3. The zero-order chi connectivity index (χ0) is 18.6. The molecule has 0 saturated carbocycles. The second-order valence-electron chi connectivity index (χ2n) is 5.50. The molecule has 0 spiro atoms. The predicted molar refractivity (Wildman–Crippen MR) is 107 cm³/mol. The van der Waals surface area contributed by atoms with E-state index in [1.165, 1.54) is 11.3 Å². The van der Waals surface area contributed by atoms with E-state index in [4.69, 9.17) is 17.0 Å². The van der Waals surface area contributed by atoms with Gasteiger partial charge in [0.05, 0.1) is 12.2 Å². The number of thiocarbonyl (C=S) groups is 1. The van der Waals surface area contributed by atoms with Gasteiger partial charge in [0.25, 0.3) is 0 Å². The summed E-state index contributed by atoms with van der Waals surface area (Å²) in [6.45, 7) is 7.92. The number of aromatic hydroxyl groups is 1. The van der Waals surface area contributed by atoms with Crippen molar-refractivity contribution in [1.82, 2.24) is 0 Å². The Morgan fingerprint density at radius 2 is 2.00 bits per heavy atom. The van der Waals surface area contributed by atoms with Crippen molar-refractivity contribution < 1.29 is 14.6 Å². The molecule has 0 atom stereocenters. The molecule has 1 aromatic carbocycles. The van der Waals surface area contributed by atoms with Gasteiger partial charge in [0.2, 0.25) is 0 Å². The van der Waals surface area contributed by atoms with Crippen LogP contribution in [0.15, 0.2) is 18.2 Å². The number of hydrogen-bond acceptors (Lipinski definition) is 5. The highest BCUT2D eigenvalue weighted by Gasteiger charge is 2.22. The van der Waals surface area contributed by atoms with E-state index >= 15 is 0 Å². The van der Waals surface area contributed by atoms with E-state index in [9.17, 15) is 9.90 Å². The monoisotopic (exact) mass is 378 g/mol. The van der Waals surface area contributed by atoms with Crippen molar-refractivity contribution in [3.63, 3.8) is 0 Å². The number of carbonyl (C=O) groups is 1. The molecule has 0 aliphatic rings. The summed E-state index contributed by atoms with van der Waals surface area (Å²) in [4.78, 5) is 13.4. The van der Waals surface area contributed by atoms with Crippen LogP contribution in [-0.4, -0.2) is 22.8 Å². The van der Waals surface area contributed by atoms with Gasteiger partial charge in [-0.2, -0.15) is 0 Å². The van der Waals surface area contributed by atoms with Crippen LogP contribution in [0, 0.1) is 13.8 Å². The number of anilines is 2. The summed E-state index contributed by atoms with van der Waals surface area (Å²) in [7, 11) is 0. The summed E-state index contributed by atoms with van der Waals surface area (Å²) in [6, 6.07) is 5.14. The molecule has 0 saturated heterocycles. The summed E-state index contributed by atoms with van der Waals surface area (Å²) in [5.74, 6) is -0.107. The van der Waals surface area contributed by atoms with E-state index in [2.05, 4.69) is 10.6 Å². The molecule has 5 nitrogen and oxygen atoms in total. The highest BCUT2D eigenvalue weighted by molar-refractivity contribution is 7.80. The Bertz CT molecular complexity index is 800. The van der Waals surface area contributed by atoms with Crippen LogP contribution < -0.4 is 10.6 Å². The van der Waals surface area contributed by atoms with Crippen molar-refractivity contribution in [3.05, 3.63) is 39.8 Å². The number of phenolic OH excluding ortho intramolecular Hbond substituents is 1. The molecule has 7 heteroatoms. The van der Waals surface area contributed by atoms with Crippen molar-refractivity contribution in [1.29, 1.82) is 0 Å². The van der Waals surface area contributed by atoms with E-state index in [0.29, 0.717) is 22.3 Å². The third-order valence-electron chi connectivity index (χ3n) is 3.72. The van der Waals surface area contributed by atoms with Crippen molar-refractivity contribution >= 4 is 45.3 Å². The number of hydrogen-bond donors (Lipinski definition) is 3. The van der Waals surface area contributed by atoms with Crippen LogP contribution in [0.4, 0.5) is 10.7 Å². The van der Waals surface area contributed by atoms with Crippen LogP contribution in [0.2, 0.25) is 0 Å². The summed E-state index contributed by atoms with van der Waals surface area (Å²) in [6.07, 6.45) is 0.746. The van der Waals surface area contributed by atoms with Crippen LogP contribution in [0.3, 0.4) is 0 Å². The minimum absolute atomic E-state index is 0.232. The fraction of sp³-hybridized carbons (Fsp3) is 0.333. The first-order valence-electron chi connectivity index (χ1n) is 8.04. The third kappa shape index (κ3) is 4.49. The Morgan fingerprint density at radius 1 is 1.28 bits per heavy atom. The average Bonchev–Trinajstić information content (AvgIpc) is 2.86. The molecule has 2 rings (SSSR count). The molecule has 134 valence electrons. The van der Waals surface area contributed by atoms with Crippen LogP contribution in [0.5, 0.6) is 5.75 Å². The zero-order valence-electron chi connectivity index (χ0n) is 14.7. The van der Waals surface area contributed by atoms with E-state index in [1.807, 2.05) is 20.8 Å². The van der Waals surface area contributed by atoms with Gasteiger partial charge in [-0.1, -0.05) is 6.92 Å². The van der Waals surface area contributed by atoms with Crippen molar-refractivity contribution in [3.8, 4) is 5.75 Å². The Morgan fingerprint density at radius 3 is 2.60 bits per heavy atom. The molecule has 0 unspecified atom stereocenters. The number of ether oxygens (including phenoxy) is 1. The van der Waals surface area contributed by atoms with Gasteiger partial charge in [-0.15, -0.1) is 11.3 Å². The third-order valence-corrected chi connectivity index (χ3v) is 4.99. The van der Waals surface area contributed by atoms with Gasteiger partial charge in [-0.25, -0.2) is 4.79 Å². The molecular formula is C18H22N2O3S2. The lowest BCUT2D eigenvalue weighted by Gasteiger charge is -2.12. The van der Waals surface area contributed by atoms with Gasteiger partial charge < -0.3 is 20.5 Å². The standard InChI is InChI=1S/C18H22N2O3S2/c1-5-13-11(4)25-16(15(13)17(22)23-6-2)20-18(24)19-12-7-8-14(21)10(3)9-12/h7-9,21H,5-6H2,1-4H3,(H2,19,20,24). The fourth-order valence-electron chi connectivity index (χ4n) is 2.51. The molecule has 0 radical (unpaired) electrons. The first-order chi connectivity index (χ1) is 11.9. The quantitative estimate of drug-likeness (QED) is 0.401. The minimum atomic E-state index is -0.338. The van der Waals surface area contributed by atoms with Crippen LogP contribution in [-0.2, 0) is 11.2 Å². The van der Waals surface area contributed by atoms with E-state index < -0.39 is 0 Å². The van der Waals surface area contributed by atoms with Crippen molar-refractivity contribution in [2.24, 2.45) is 0 Å². The normalized spacial score (nSPS) is 10.4. The lowest BCUT2D eigenvalue weighted by atomic mass is 10.1. The van der Waals surface area contributed by atoms with E-state index in [1.54, 1.807) is 25.1 Å². The molecular weight excluding hydrogens is 356 g/mol. The Labute approximate surface area is 157 Å². The maximum Gasteiger partial charge on any atom is 0.341 e. The molecule has 1 heterocycles. The van der Waals surface area contributed by atoms with Crippen molar-refractivity contribution in [2.45, 2.75) is 34.1 Å². The lowest BCUT2D eigenvalue weighted by molar-refractivity contribution is 0.0527. The second kappa shape index (κ2) is 8.31. The summed E-state index contributed by atoms with van der Waals surface area (Å²) < 4.78 is 5.19. The molecule has 25 heavy (non-hydrogen) atoms. The van der Waals surface area contributed by atoms with Crippen LogP contribution >= 0.6 is 23.6 Å². The average molecular weight is 379 g/mol. The van der Waals surface area contributed by atoms with Crippen LogP contribution in [0.25, 0.3) is 0 Å². The first kappa shape index (κ1) is 19.2. The van der Waals surface area contributed by atoms with Gasteiger partial charge >= 0.3 is 5.97 Å². The number of esters is 1. The number of phenols is 1. The fourth-order valence-corrected chi connectivity index (χ4v) is 3.93. The zero-order valence-corrected chi connectivity index (χ0v) is 16.4. The highest BCUT2D eigenvalue weighted by Crippen LogP contribution is 2.34. The Hall–Kier alpha value is -2.12. The molecule has 0 amide bonds. The molecule has 1 aromatic heterocycles. The highest BCUT2D eigenvalue weighted by atomic mass is 32.1. The number of benzene rings is 1. The largest absolute Gasteiger partial charge is 0.508 e. The van der Waals surface area contributed by atoms with Crippen LogP contribution in [0.1, 0.15) is 40.2 Å². The van der Waals surface area contributed by atoms with Crippen molar-refractivity contribution in [2.75, 3.05) is 17.2 Å². The summed E-state index contributed by atoms with van der Waals surface area (Å²) in [5.41, 5.74) is 3.04. The summed E-state index contributed by atoms with van der Waals surface area (Å²) in [5, 5.41) is 16.8. The molecule has 0 aliphatic heterocycles.